The molecule has 0 aromatic rings. The van der Waals surface area contributed by atoms with Gasteiger partial charge in [-0.3, -0.25) is 0 Å². The number of rotatable bonds is 1. The number of allylic oxidation sites excluding steroid dienone is 3. The molecule has 0 bridgehead atoms. The molecule has 1 aliphatic heterocycles. The van der Waals surface area contributed by atoms with Crippen molar-refractivity contribution < 1.29 is 9.53 Å². The third kappa shape index (κ3) is 2.00. The summed E-state index contributed by atoms with van der Waals surface area (Å²) in [5.41, 5.74) is 0.889. The van der Waals surface area contributed by atoms with Crippen LogP contribution in [-0.2, 0) is 9.53 Å². The Morgan fingerprint density at radius 3 is 3.00 bits per heavy atom. The number of carbonyl (C=O) groups is 1. The van der Waals surface area contributed by atoms with Crippen LogP contribution in [0, 0.1) is 5.92 Å². The normalized spacial score (nSPS) is 30.9. The summed E-state index contributed by atoms with van der Waals surface area (Å²) in [4.78, 5) is 11.1. The summed E-state index contributed by atoms with van der Waals surface area (Å²) in [6.45, 7) is 0.577. The molecule has 0 aromatic heterocycles. The van der Waals surface area contributed by atoms with Gasteiger partial charge >= 0.3 is 5.97 Å². The minimum atomic E-state index is -0.102. The molecule has 1 saturated heterocycles. The van der Waals surface area contributed by atoms with Crippen molar-refractivity contribution >= 4 is 5.97 Å². The molecule has 1 atom stereocenters. The van der Waals surface area contributed by atoms with Crippen molar-refractivity contribution in [3.8, 4) is 0 Å². The Kier molecular flexibility index (Phi) is 2.48. The zero-order chi connectivity index (χ0) is 9.10. The van der Waals surface area contributed by atoms with E-state index in [0.29, 0.717) is 12.5 Å². The van der Waals surface area contributed by atoms with E-state index in [9.17, 15) is 4.79 Å². The van der Waals surface area contributed by atoms with Gasteiger partial charge in [0.15, 0.2) is 0 Å². The van der Waals surface area contributed by atoms with Gasteiger partial charge in [0.25, 0.3) is 0 Å². The number of carbonyl (C=O) groups excluding carboxylic acids is 1. The van der Waals surface area contributed by atoms with E-state index in [-0.39, 0.29) is 5.97 Å². The van der Waals surface area contributed by atoms with E-state index < -0.39 is 0 Å². The molecular weight excluding hydrogens is 164 g/mol. The summed E-state index contributed by atoms with van der Waals surface area (Å²) in [6, 6.07) is 0. The van der Waals surface area contributed by atoms with Crippen molar-refractivity contribution in [3.63, 3.8) is 0 Å². The van der Waals surface area contributed by atoms with E-state index in [4.69, 9.17) is 4.74 Å². The quantitative estimate of drug-likeness (QED) is 0.349. The van der Waals surface area contributed by atoms with Gasteiger partial charge in [0, 0.05) is 12.0 Å². The molecule has 1 unspecified atom stereocenters. The van der Waals surface area contributed by atoms with E-state index in [2.05, 4.69) is 18.2 Å². The van der Waals surface area contributed by atoms with Gasteiger partial charge in [-0.1, -0.05) is 18.2 Å². The molecule has 2 rings (SSSR count). The first-order valence-corrected chi connectivity index (χ1v) is 4.89. The van der Waals surface area contributed by atoms with Crippen LogP contribution in [0.4, 0.5) is 0 Å². The number of hydrogen-bond donors (Lipinski definition) is 0. The van der Waals surface area contributed by atoms with E-state index in [1.165, 1.54) is 6.42 Å². The Bertz CT molecular complexity index is 263. The lowest BCUT2D eigenvalue weighted by Crippen LogP contribution is -2.02. The first kappa shape index (κ1) is 8.54. The van der Waals surface area contributed by atoms with Gasteiger partial charge in [-0.15, -0.1) is 0 Å². The molecule has 13 heavy (non-hydrogen) atoms. The molecule has 1 fully saturated rings. The smallest absolute Gasteiger partial charge is 0.333 e. The molecule has 70 valence electrons. The van der Waals surface area contributed by atoms with Crippen molar-refractivity contribution in [2.45, 2.75) is 25.7 Å². The highest BCUT2D eigenvalue weighted by molar-refractivity contribution is 5.90. The summed E-state index contributed by atoms with van der Waals surface area (Å²) in [5.74, 6) is 0.459. The van der Waals surface area contributed by atoms with Gasteiger partial charge < -0.3 is 4.74 Å². The van der Waals surface area contributed by atoms with E-state index in [1.807, 2.05) is 0 Å². The zero-order valence-corrected chi connectivity index (χ0v) is 7.66. The Hall–Kier alpha value is -1.05. The highest BCUT2D eigenvalue weighted by Crippen LogP contribution is 2.23. The summed E-state index contributed by atoms with van der Waals surface area (Å²) < 4.78 is 4.88. The fraction of sp³-hybridized carbons (Fsp3) is 0.545. The average molecular weight is 178 g/mol. The average Bonchev–Trinajstić information content (AvgIpc) is 2.54. The van der Waals surface area contributed by atoms with Gasteiger partial charge in [0.1, 0.15) is 0 Å². The third-order valence-electron chi connectivity index (χ3n) is 2.61. The van der Waals surface area contributed by atoms with E-state index >= 15 is 0 Å². The van der Waals surface area contributed by atoms with Crippen LogP contribution in [0.25, 0.3) is 0 Å². The van der Waals surface area contributed by atoms with Crippen LogP contribution in [0.5, 0.6) is 0 Å². The molecular formula is C11H14O2. The fourth-order valence-electron chi connectivity index (χ4n) is 1.85. The highest BCUT2D eigenvalue weighted by Gasteiger charge is 2.20. The summed E-state index contributed by atoms with van der Waals surface area (Å²) in [7, 11) is 0. The molecule has 2 heteroatoms. The number of hydrogen-bond acceptors (Lipinski definition) is 2. The molecule has 2 aliphatic rings. The van der Waals surface area contributed by atoms with Crippen molar-refractivity contribution in [2.24, 2.45) is 5.92 Å². The maximum atomic E-state index is 11.1. The van der Waals surface area contributed by atoms with Crippen LogP contribution < -0.4 is 0 Å². The summed E-state index contributed by atoms with van der Waals surface area (Å²) >= 11 is 0. The molecule has 0 aromatic carbocycles. The second-order valence-corrected chi connectivity index (χ2v) is 3.62. The summed E-state index contributed by atoms with van der Waals surface area (Å²) in [6.07, 6.45) is 10.7. The minimum absolute atomic E-state index is 0.102. The molecule has 0 amide bonds. The lowest BCUT2D eigenvalue weighted by Gasteiger charge is -2.13. The number of cyclic esters (lactones) is 1. The fourth-order valence-corrected chi connectivity index (χ4v) is 1.85. The van der Waals surface area contributed by atoms with Crippen molar-refractivity contribution in [1.82, 2.24) is 0 Å². The van der Waals surface area contributed by atoms with E-state index in [1.54, 1.807) is 0 Å². The zero-order valence-electron chi connectivity index (χ0n) is 7.66. The van der Waals surface area contributed by atoms with Gasteiger partial charge in [0.2, 0.25) is 0 Å². The predicted octanol–water partition coefficient (Wildman–Crippen LogP) is 2.22. The monoisotopic (exact) mass is 178 g/mol. The van der Waals surface area contributed by atoms with Gasteiger partial charge in [-0.05, 0) is 25.2 Å². The number of esters is 1. The standard InChI is InChI=1S/C11H14O2/c12-11-10(6-7-13-11)8-9-4-2-1-3-5-9/h1-2,8-9H,3-7H2/b10-8+. The first-order valence-electron chi connectivity index (χ1n) is 4.89. The molecule has 2 nitrogen and oxygen atoms in total. The Morgan fingerprint density at radius 1 is 1.46 bits per heavy atom. The molecule has 0 saturated carbocycles. The second kappa shape index (κ2) is 3.77. The van der Waals surface area contributed by atoms with Crippen LogP contribution in [0.15, 0.2) is 23.8 Å². The molecule has 0 N–H and O–H groups in total. The SMILES string of the molecule is O=C1OCC/C1=C\C1CC=CCC1. The lowest BCUT2D eigenvalue weighted by molar-refractivity contribution is -0.135. The van der Waals surface area contributed by atoms with Crippen LogP contribution in [0.2, 0.25) is 0 Å². The van der Waals surface area contributed by atoms with Gasteiger partial charge in [-0.25, -0.2) is 4.79 Å². The van der Waals surface area contributed by atoms with Gasteiger partial charge in [-0.2, -0.15) is 0 Å². The number of ether oxygens (including phenoxy) is 1. The van der Waals surface area contributed by atoms with Crippen LogP contribution in [0.1, 0.15) is 25.7 Å². The molecule has 1 aliphatic carbocycles. The Morgan fingerprint density at radius 2 is 2.38 bits per heavy atom. The lowest BCUT2D eigenvalue weighted by atomic mass is 9.92. The van der Waals surface area contributed by atoms with Crippen LogP contribution in [-0.4, -0.2) is 12.6 Å². The van der Waals surface area contributed by atoms with Crippen molar-refractivity contribution in [3.05, 3.63) is 23.8 Å². The second-order valence-electron chi connectivity index (χ2n) is 3.62. The Balaban J connectivity index is 2.01. The van der Waals surface area contributed by atoms with Crippen molar-refractivity contribution in [1.29, 1.82) is 0 Å². The minimum Gasteiger partial charge on any atom is -0.462 e. The Labute approximate surface area is 78.3 Å². The predicted molar refractivity (Wildman–Crippen MR) is 50.1 cm³/mol. The first-order chi connectivity index (χ1) is 6.36. The largest absolute Gasteiger partial charge is 0.462 e. The topological polar surface area (TPSA) is 26.3 Å². The molecule has 1 heterocycles. The van der Waals surface area contributed by atoms with E-state index in [0.717, 1.165) is 24.8 Å². The van der Waals surface area contributed by atoms with Crippen molar-refractivity contribution in [2.75, 3.05) is 6.61 Å². The highest BCUT2D eigenvalue weighted by atomic mass is 16.5. The molecule has 0 spiro atoms. The van der Waals surface area contributed by atoms with Crippen LogP contribution >= 0.6 is 0 Å². The third-order valence-corrected chi connectivity index (χ3v) is 2.61. The maximum Gasteiger partial charge on any atom is 0.333 e. The van der Waals surface area contributed by atoms with Crippen LogP contribution in [0.3, 0.4) is 0 Å². The summed E-state index contributed by atoms with van der Waals surface area (Å²) in [5, 5.41) is 0. The maximum absolute atomic E-state index is 11.1. The molecule has 0 radical (unpaired) electrons. The van der Waals surface area contributed by atoms with Gasteiger partial charge in [0.05, 0.1) is 6.61 Å².